The zero-order chi connectivity index (χ0) is 17.8. The number of piperazine rings is 1. The van der Waals surface area contributed by atoms with E-state index in [4.69, 9.17) is 9.47 Å². The first kappa shape index (κ1) is 17.3. The van der Waals surface area contributed by atoms with E-state index < -0.39 is 0 Å². The number of rotatable bonds is 5. The van der Waals surface area contributed by atoms with Crippen molar-refractivity contribution in [1.82, 2.24) is 9.80 Å². The molecule has 1 amide bonds. The molecule has 25 heavy (non-hydrogen) atoms. The lowest BCUT2D eigenvalue weighted by molar-refractivity contribution is -0.140. The van der Waals surface area contributed by atoms with Gasteiger partial charge in [0.25, 0.3) is 0 Å². The zero-order valence-electron chi connectivity index (χ0n) is 14.9. The van der Waals surface area contributed by atoms with E-state index in [1.54, 1.807) is 19.1 Å². The average Bonchev–Trinajstić information content (AvgIpc) is 2.65. The summed E-state index contributed by atoms with van der Waals surface area (Å²) in [5, 5.41) is 0. The molecular formula is C20H24N2O3. The molecule has 1 aliphatic heterocycles. The molecule has 132 valence electrons. The number of ether oxygens (including phenoxy) is 2. The molecule has 1 fully saturated rings. The number of hydrogen-bond acceptors (Lipinski definition) is 4. The molecule has 0 radical (unpaired) electrons. The number of amides is 1. The minimum atomic E-state index is -0.321. The van der Waals surface area contributed by atoms with Crippen LogP contribution < -0.4 is 9.47 Å². The average molecular weight is 340 g/mol. The third kappa shape index (κ3) is 3.61. The van der Waals surface area contributed by atoms with E-state index in [0.717, 1.165) is 25.2 Å². The highest BCUT2D eigenvalue weighted by Gasteiger charge is 2.34. The lowest BCUT2D eigenvalue weighted by atomic mass is 10.00. The van der Waals surface area contributed by atoms with Gasteiger partial charge < -0.3 is 14.4 Å². The van der Waals surface area contributed by atoms with Crippen molar-refractivity contribution in [3.8, 4) is 11.5 Å². The first-order valence-corrected chi connectivity index (χ1v) is 8.39. The van der Waals surface area contributed by atoms with Gasteiger partial charge in [0.15, 0.2) is 11.5 Å². The molecule has 2 aromatic rings. The summed E-state index contributed by atoms with van der Waals surface area (Å²) in [5.41, 5.74) is 2.12. The van der Waals surface area contributed by atoms with E-state index in [9.17, 15) is 4.79 Å². The van der Waals surface area contributed by atoms with E-state index in [0.29, 0.717) is 11.5 Å². The van der Waals surface area contributed by atoms with Gasteiger partial charge in [0, 0.05) is 26.7 Å². The van der Waals surface area contributed by atoms with Gasteiger partial charge in [-0.25, -0.2) is 0 Å². The van der Waals surface area contributed by atoms with Crippen molar-refractivity contribution in [3.63, 3.8) is 0 Å². The summed E-state index contributed by atoms with van der Waals surface area (Å²) in [4.78, 5) is 16.9. The standard InChI is InChI=1S/C20H24N2O3/c1-21-11-12-22(14-15-7-5-4-6-8-15)19(20(21)23)16-9-10-17(24-2)18(13-16)25-3/h4-10,13,19H,11-12,14H2,1-3H3. The Balaban J connectivity index is 1.94. The largest absolute Gasteiger partial charge is 0.493 e. The van der Waals surface area contributed by atoms with Gasteiger partial charge in [-0.05, 0) is 23.3 Å². The van der Waals surface area contributed by atoms with Crippen molar-refractivity contribution >= 4 is 5.91 Å². The number of hydrogen-bond donors (Lipinski definition) is 0. The molecular weight excluding hydrogens is 316 g/mol. The fourth-order valence-corrected chi connectivity index (χ4v) is 3.25. The fraction of sp³-hybridized carbons (Fsp3) is 0.350. The van der Waals surface area contributed by atoms with Crippen LogP contribution in [0.2, 0.25) is 0 Å². The van der Waals surface area contributed by atoms with Crippen molar-refractivity contribution < 1.29 is 14.3 Å². The van der Waals surface area contributed by atoms with Crippen molar-refractivity contribution in [1.29, 1.82) is 0 Å². The minimum Gasteiger partial charge on any atom is -0.493 e. The molecule has 3 rings (SSSR count). The molecule has 1 heterocycles. The Morgan fingerprint density at radius 3 is 2.40 bits per heavy atom. The maximum absolute atomic E-state index is 12.9. The summed E-state index contributed by atoms with van der Waals surface area (Å²) in [6.07, 6.45) is 0. The maximum atomic E-state index is 12.9. The summed E-state index contributed by atoms with van der Waals surface area (Å²) in [7, 11) is 5.08. The van der Waals surface area contributed by atoms with E-state index in [2.05, 4.69) is 17.0 Å². The Morgan fingerprint density at radius 2 is 1.72 bits per heavy atom. The van der Waals surface area contributed by atoms with Crippen LogP contribution in [0, 0.1) is 0 Å². The highest BCUT2D eigenvalue weighted by molar-refractivity contribution is 5.84. The van der Waals surface area contributed by atoms with Gasteiger partial charge in [-0.3, -0.25) is 9.69 Å². The van der Waals surface area contributed by atoms with Crippen LogP contribution in [0.25, 0.3) is 0 Å². The highest BCUT2D eigenvalue weighted by Crippen LogP contribution is 2.34. The van der Waals surface area contributed by atoms with Crippen LogP contribution in [0.3, 0.4) is 0 Å². The second-order valence-corrected chi connectivity index (χ2v) is 6.23. The van der Waals surface area contributed by atoms with Crippen molar-refractivity contribution in [3.05, 3.63) is 59.7 Å². The van der Waals surface area contributed by atoms with E-state index in [-0.39, 0.29) is 11.9 Å². The molecule has 1 aliphatic rings. The normalized spacial score (nSPS) is 18.3. The Morgan fingerprint density at radius 1 is 1.00 bits per heavy atom. The van der Waals surface area contributed by atoms with E-state index >= 15 is 0 Å². The van der Waals surface area contributed by atoms with Crippen molar-refractivity contribution in [2.75, 3.05) is 34.4 Å². The number of likely N-dealkylation sites (N-methyl/N-ethyl adjacent to an activating group) is 1. The lowest BCUT2D eigenvalue weighted by Gasteiger charge is -2.39. The fourth-order valence-electron chi connectivity index (χ4n) is 3.25. The summed E-state index contributed by atoms with van der Waals surface area (Å²) in [6.45, 7) is 2.30. The predicted molar refractivity (Wildman–Crippen MR) is 96.8 cm³/mol. The molecule has 1 unspecified atom stereocenters. The predicted octanol–water partition coefficient (Wildman–Crippen LogP) is 2.72. The topological polar surface area (TPSA) is 42.0 Å². The second-order valence-electron chi connectivity index (χ2n) is 6.23. The van der Waals surface area contributed by atoms with Crippen LogP contribution in [-0.4, -0.2) is 50.1 Å². The monoisotopic (exact) mass is 340 g/mol. The second kappa shape index (κ2) is 7.57. The van der Waals surface area contributed by atoms with Gasteiger partial charge in [0.2, 0.25) is 5.91 Å². The van der Waals surface area contributed by atoms with Gasteiger partial charge in [-0.1, -0.05) is 36.4 Å². The molecule has 0 bridgehead atoms. The van der Waals surface area contributed by atoms with Crippen LogP contribution in [0.15, 0.2) is 48.5 Å². The van der Waals surface area contributed by atoms with Crippen molar-refractivity contribution in [2.24, 2.45) is 0 Å². The molecule has 5 nitrogen and oxygen atoms in total. The van der Waals surface area contributed by atoms with Gasteiger partial charge in [0.05, 0.1) is 14.2 Å². The maximum Gasteiger partial charge on any atom is 0.244 e. The number of benzene rings is 2. The summed E-state index contributed by atoms with van der Waals surface area (Å²) >= 11 is 0. The molecule has 1 atom stereocenters. The Hall–Kier alpha value is -2.53. The number of methoxy groups -OCH3 is 2. The molecule has 0 aromatic heterocycles. The van der Waals surface area contributed by atoms with Gasteiger partial charge in [0.1, 0.15) is 6.04 Å². The van der Waals surface area contributed by atoms with Gasteiger partial charge >= 0.3 is 0 Å². The van der Waals surface area contributed by atoms with Crippen LogP contribution in [0.1, 0.15) is 17.2 Å². The molecule has 2 aromatic carbocycles. The zero-order valence-corrected chi connectivity index (χ0v) is 14.9. The van der Waals surface area contributed by atoms with Crippen LogP contribution in [0.5, 0.6) is 11.5 Å². The molecule has 0 saturated carbocycles. The summed E-state index contributed by atoms with van der Waals surface area (Å²) < 4.78 is 10.7. The summed E-state index contributed by atoms with van der Waals surface area (Å²) in [5.74, 6) is 1.41. The molecule has 0 N–H and O–H groups in total. The van der Waals surface area contributed by atoms with Crippen LogP contribution in [0.4, 0.5) is 0 Å². The number of carbonyl (C=O) groups excluding carboxylic acids is 1. The van der Waals surface area contributed by atoms with Crippen LogP contribution >= 0.6 is 0 Å². The van der Waals surface area contributed by atoms with Crippen molar-refractivity contribution in [2.45, 2.75) is 12.6 Å². The molecule has 0 spiro atoms. The van der Waals surface area contributed by atoms with E-state index in [1.807, 2.05) is 43.4 Å². The quantitative estimate of drug-likeness (QED) is 0.839. The molecule has 0 aliphatic carbocycles. The number of carbonyl (C=O) groups is 1. The van der Waals surface area contributed by atoms with Gasteiger partial charge in [-0.2, -0.15) is 0 Å². The Labute approximate surface area is 148 Å². The SMILES string of the molecule is COc1ccc(C2C(=O)N(C)CCN2Cc2ccccc2)cc1OC. The van der Waals surface area contributed by atoms with E-state index in [1.165, 1.54) is 5.56 Å². The number of nitrogens with zero attached hydrogens (tertiary/aromatic N) is 2. The summed E-state index contributed by atoms with van der Waals surface area (Å²) in [6, 6.07) is 15.6. The Kier molecular flexibility index (Phi) is 5.24. The molecule has 5 heteroatoms. The minimum absolute atomic E-state index is 0.106. The third-order valence-electron chi connectivity index (χ3n) is 4.65. The third-order valence-corrected chi connectivity index (χ3v) is 4.65. The molecule has 1 saturated heterocycles. The highest BCUT2D eigenvalue weighted by atomic mass is 16.5. The first-order valence-electron chi connectivity index (χ1n) is 8.39. The lowest BCUT2D eigenvalue weighted by Crippen LogP contribution is -2.50. The van der Waals surface area contributed by atoms with Crippen LogP contribution in [-0.2, 0) is 11.3 Å². The van der Waals surface area contributed by atoms with Gasteiger partial charge in [-0.15, -0.1) is 0 Å². The first-order chi connectivity index (χ1) is 12.1. The smallest absolute Gasteiger partial charge is 0.244 e. The Bertz CT molecular complexity index is 733.